The van der Waals surface area contributed by atoms with E-state index in [-0.39, 0.29) is 11.3 Å². The predicted molar refractivity (Wildman–Crippen MR) is 52.2 cm³/mol. The zero-order valence-electron chi connectivity index (χ0n) is 8.62. The number of benzene rings is 1. The predicted octanol–water partition coefficient (Wildman–Crippen LogP) is 2.91. The first kappa shape index (κ1) is 11.7. The maximum atomic E-state index is 12.2. The number of aliphatic imine (C=N–C) groups is 1. The third-order valence-corrected chi connectivity index (χ3v) is 2.60. The van der Waals surface area contributed by atoms with Crippen LogP contribution in [0.4, 0.5) is 13.2 Å². The Balaban J connectivity index is 2.38. The second-order valence-electron chi connectivity index (χ2n) is 3.78. The molecule has 1 aromatic carbocycles. The molecule has 0 bridgehead atoms. The highest BCUT2D eigenvalue weighted by Crippen LogP contribution is 2.52. The average molecular weight is 243 g/mol. The molecule has 0 unspecified atom stereocenters. The number of nitrogens with zero attached hydrogens (tertiary/aromatic N) is 1. The largest absolute Gasteiger partial charge is 0.573 e. The molecule has 1 fully saturated rings. The summed E-state index contributed by atoms with van der Waals surface area (Å²) in [5, 5.41) is 0. The molecular weight excluding hydrogens is 235 g/mol. The summed E-state index contributed by atoms with van der Waals surface area (Å²) in [7, 11) is 0. The number of para-hydroxylation sites is 1. The SMILES string of the molecule is O=C=NC1(c2ccccc2OC(F)(F)F)CC1. The van der Waals surface area contributed by atoms with Crippen molar-refractivity contribution in [2.45, 2.75) is 24.7 Å². The Labute approximate surface area is 94.9 Å². The van der Waals surface area contributed by atoms with Gasteiger partial charge in [-0.25, -0.2) is 4.79 Å². The van der Waals surface area contributed by atoms with Gasteiger partial charge in [-0.3, -0.25) is 0 Å². The summed E-state index contributed by atoms with van der Waals surface area (Å²) < 4.78 is 40.5. The summed E-state index contributed by atoms with van der Waals surface area (Å²) in [4.78, 5) is 13.9. The Morgan fingerprint density at radius 2 is 1.94 bits per heavy atom. The molecule has 90 valence electrons. The fraction of sp³-hybridized carbons (Fsp3) is 0.364. The molecule has 0 aliphatic heterocycles. The van der Waals surface area contributed by atoms with Gasteiger partial charge in [-0.1, -0.05) is 18.2 Å². The van der Waals surface area contributed by atoms with E-state index in [4.69, 9.17) is 0 Å². The second-order valence-corrected chi connectivity index (χ2v) is 3.78. The normalized spacial score (nSPS) is 17.1. The highest BCUT2D eigenvalue weighted by atomic mass is 19.4. The molecule has 1 saturated carbocycles. The lowest BCUT2D eigenvalue weighted by molar-refractivity contribution is -0.275. The fourth-order valence-corrected chi connectivity index (χ4v) is 1.71. The number of ether oxygens (including phenoxy) is 1. The van der Waals surface area contributed by atoms with Gasteiger partial charge in [0.05, 0.1) is 0 Å². The number of halogens is 3. The summed E-state index contributed by atoms with van der Waals surface area (Å²) in [6.45, 7) is 0. The smallest absolute Gasteiger partial charge is 0.405 e. The van der Waals surface area contributed by atoms with Crippen molar-refractivity contribution in [3.8, 4) is 5.75 Å². The van der Waals surface area contributed by atoms with Gasteiger partial charge >= 0.3 is 6.36 Å². The Morgan fingerprint density at radius 1 is 1.29 bits per heavy atom. The summed E-state index contributed by atoms with van der Waals surface area (Å²) in [5.74, 6) is -0.309. The highest BCUT2D eigenvalue weighted by molar-refractivity contribution is 5.47. The van der Waals surface area contributed by atoms with E-state index in [9.17, 15) is 18.0 Å². The van der Waals surface area contributed by atoms with Gasteiger partial charge in [-0.05, 0) is 18.9 Å². The van der Waals surface area contributed by atoms with Crippen LogP contribution < -0.4 is 4.74 Å². The van der Waals surface area contributed by atoms with Crippen molar-refractivity contribution >= 4 is 6.08 Å². The van der Waals surface area contributed by atoms with E-state index < -0.39 is 11.9 Å². The molecule has 0 saturated heterocycles. The molecule has 6 heteroatoms. The van der Waals surface area contributed by atoms with Gasteiger partial charge in [0.25, 0.3) is 0 Å². The summed E-state index contributed by atoms with van der Waals surface area (Å²) in [6.07, 6.45) is -2.30. The van der Waals surface area contributed by atoms with Crippen LogP contribution in [0.3, 0.4) is 0 Å². The van der Waals surface area contributed by atoms with Gasteiger partial charge in [-0.15, -0.1) is 13.2 Å². The van der Waals surface area contributed by atoms with E-state index in [1.807, 2.05) is 0 Å². The third kappa shape index (κ3) is 2.47. The van der Waals surface area contributed by atoms with Gasteiger partial charge in [0, 0.05) is 5.56 Å². The molecule has 0 heterocycles. The molecule has 0 spiro atoms. The third-order valence-electron chi connectivity index (χ3n) is 2.60. The monoisotopic (exact) mass is 243 g/mol. The van der Waals surface area contributed by atoms with Crippen LogP contribution in [0.15, 0.2) is 29.3 Å². The molecule has 17 heavy (non-hydrogen) atoms. The molecule has 3 nitrogen and oxygen atoms in total. The van der Waals surface area contributed by atoms with Crippen molar-refractivity contribution in [1.82, 2.24) is 0 Å². The number of alkyl halides is 3. The molecule has 0 amide bonds. The Hall–Kier alpha value is -1.81. The molecule has 0 radical (unpaired) electrons. The van der Waals surface area contributed by atoms with Crippen molar-refractivity contribution in [3.05, 3.63) is 29.8 Å². The Bertz CT molecular complexity index is 474. The van der Waals surface area contributed by atoms with E-state index in [1.165, 1.54) is 24.3 Å². The van der Waals surface area contributed by atoms with Crippen LogP contribution in [0.25, 0.3) is 0 Å². The highest BCUT2D eigenvalue weighted by Gasteiger charge is 2.47. The molecule has 1 aliphatic carbocycles. The molecule has 1 aliphatic rings. The minimum absolute atomic E-state index is 0.278. The van der Waals surface area contributed by atoms with E-state index in [1.54, 1.807) is 6.07 Å². The molecule has 0 N–H and O–H groups in total. The fourth-order valence-electron chi connectivity index (χ4n) is 1.71. The first-order valence-corrected chi connectivity index (χ1v) is 4.91. The Morgan fingerprint density at radius 3 is 2.47 bits per heavy atom. The van der Waals surface area contributed by atoms with Gasteiger partial charge in [-0.2, -0.15) is 4.99 Å². The maximum Gasteiger partial charge on any atom is 0.573 e. The van der Waals surface area contributed by atoms with Gasteiger partial charge < -0.3 is 4.74 Å². The van der Waals surface area contributed by atoms with Crippen molar-refractivity contribution in [1.29, 1.82) is 0 Å². The number of hydrogen-bond donors (Lipinski definition) is 0. The van der Waals surface area contributed by atoms with Crippen LogP contribution in [0, 0.1) is 0 Å². The minimum atomic E-state index is -4.75. The Kier molecular flexibility index (Phi) is 2.67. The molecule has 2 rings (SSSR count). The average Bonchev–Trinajstić information content (AvgIpc) is 2.98. The minimum Gasteiger partial charge on any atom is -0.405 e. The quantitative estimate of drug-likeness (QED) is 0.604. The van der Waals surface area contributed by atoms with Crippen LogP contribution in [0.2, 0.25) is 0 Å². The van der Waals surface area contributed by atoms with Crippen LogP contribution in [0.1, 0.15) is 18.4 Å². The topological polar surface area (TPSA) is 38.7 Å². The van der Waals surface area contributed by atoms with Crippen molar-refractivity contribution in [2.24, 2.45) is 4.99 Å². The van der Waals surface area contributed by atoms with Crippen LogP contribution in [-0.4, -0.2) is 12.4 Å². The zero-order valence-corrected chi connectivity index (χ0v) is 8.62. The lowest BCUT2D eigenvalue weighted by Crippen LogP contribution is -2.19. The van der Waals surface area contributed by atoms with E-state index >= 15 is 0 Å². The summed E-state index contributed by atoms with van der Waals surface area (Å²) >= 11 is 0. The molecule has 1 aromatic rings. The molecule has 0 atom stereocenters. The number of isocyanates is 1. The van der Waals surface area contributed by atoms with Crippen molar-refractivity contribution in [3.63, 3.8) is 0 Å². The lowest BCUT2D eigenvalue weighted by Gasteiger charge is -2.16. The molecular formula is C11H8F3NO2. The zero-order chi connectivity index (χ0) is 12.5. The first-order chi connectivity index (χ1) is 7.97. The van der Waals surface area contributed by atoms with Gasteiger partial charge in [0.15, 0.2) is 0 Å². The number of hydrogen-bond acceptors (Lipinski definition) is 3. The van der Waals surface area contributed by atoms with E-state index in [0.29, 0.717) is 12.8 Å². The van der Waals surface area contributed by atoms with Gasteiger partial charge in [0.1, 0.15) is 11.3 Å². The van der Waals surface area contributed by atoms with Crippen molar-refractivity contribution < 1.29 is 22.7 Å². The van der Waals surface area contributed by atoms with Crippen LogP contribution >= 0.6 is 0 Å². The lowest BCUT2D eigenvalue weighted by atomic mass is 10.0. The van der Waals surface area contributed by atoms with Crippen LogP contribution in [-0.2, 0) is 10.3 Å². The summed E-state index contributed by atoms with van der Waals surface area (Å²) in [5.41, 5.74) is -0.593. The standard InChI is InChI=1S/C11H8F3NO2/c12-11(13,14)17-9-4-2-1-3-8(9)10(5-6-10)15-7-16/h1-4H,5-6H2. The second kappa shape index (κ2) is 3.89. The van der Waals surface area contributed by atoms with E-state index in [2.05, 4.69) is 9.73 Å². The van der Waals surface area contributed by atoms with E-state index in [0.717, 1.165) is 0 Å². The molecule has 0 aromatic heterocycles. The maximum absolute atomic E-state index is 12.2. The van der Waals surface area contributed by atoms with Crippen LogP contribution in [0.5, 0.6) is 5.75 Å². The number of rotatable bonds is 3. The first-order valence-electron chi connectivity index (χ1n) is 4.91. The van der Waals surface area contributed by atoms with Gasteiger partial charge in [0.2, 0.25) is 6.08 Å². The number of carbonyl (C=O) groups excluding carboxylic acids is 1. The van der Waals surface area contributed by atoms with Crippen molar-refractivity contribution in [2.75, 3.05) is 0 Å². The summed E-state index contributed by atoms with van der Waals surface area (Å²) in [6, 6.07) is 5.71.